The molecule has 1 aliphatic rings. The minimum absolute atomic E-state index is 0.0743. The summed E-state index contributed by atoms with van der Waals surface area (Å²) < 4.78 is 13.5. The Morgan fingerprint density at radius 3 is 2.54 bits per heavy atom. The zero-order valence-electron chi connectivity index (χ0n) is 14.4. The van der Waals surface area contributed by atoms with Crippen molar-refractivity contribution in [3.05, 3.63) is 59.8 Å². The number of rotatable bonds is 2. The summed E-state index contributed by atoms with van der Waals surface area (Å²) in [6, 6.07) is 7.92. The highest BCUT2D eigenvalue weighted by molar-refractivity contribution is 5.98. The fourth-order valence-electron chi connectivity index (χ4n) is 3.19. The van der Waals surface area contributed by atoms with E-state index in [-0.39, 0.29) is 11.7 Å². The van der Waals surface area contributed by atoms with Crippen LogP contribution in [0, 0.1) is 12.7 Å². The van der Waals surface area contributed by atoms with Crippen molar-refractivity contribution in [1.82, 2.24) is 19.9 Å². The Hall–Kier alpha value is -3.09. The topological polar surface area (TPSA) is 62.2 Å². The van der Waals surface area contributed by atoms with Crippen LogP contribution in [0.2, 0.25) is 0 Å². The smallest absolute Gasteiger partial charge is 0.255 e. The molecule has 0 aliphatic carbocycles. The number of halogens is 1. The summed E-state index contributed by atoms with van der Waals surface area (Å²) in [6.07, 6.45) is 3.42. The molecule has 7 heteroatoms. The zero-order valence-corrected chi connectivity index (χ0v) is 14.4. The number of fused-ring (bicyclic) bond motifs is 1. The maximum atomic E-state index is 13.5. The molecular weight excluding hydrogens is 333 g/mol. The number of pyridine rings is 1. The lowest BCUT2D eigenvalue weighted by molar-refractivity contribution is 0.0745. The molecule has 1 saturated heterocycles. The van der Waals surface area contributed by atoms with E-state index in [9.17, 15) is 9.18 Å². The van der Waals surface area contributed by atoms with Gasteiger partial charge in [0.05, 0.1) is 16.8 Å². The summed E-state index contributed by atoms with van der Waals surface area (Å²) in [5.74, 6) is 0.270. The molecule has 0 saturated carbocycles. The number of carbonyl (C=O) groups is 1. The number of piperazine rings is 1. The van der Waals surface area contributed by atoms with Gasteiger partial charge >= 0.3 is 0 Å². The van der Waals surface area contributed by atoms with Crippen LogP contribution in [0.3, 0.4) is 0 Å². The lowest BCUT2D eigenvalue weighted by Crippen LogP contribution is -2.49. The highest BCUT2D eigenvalue weighted by atomic mass is 19.1. The van der Waals surface area contributed by atoms with Crippen molar-refractivity contribution in [3.63, 3.8) is 0 Å². The molecule has 0 N–H and O–H groups in total. The summed E-state index contributed by atoms with van der Waals surface area (Å²) in [5.41, 5.74) is 1.86. The summed E-state index contributed by atoms with van der Waals surface area (Å²) >= 11 is 0. The molecule has 6 nitrogen and oxygen atoms in total. The van der Waals surface area contributed by atoms with Gasteiger partial charge in [-0.3, -0.25) is 9.78 Å². The number of benzene rings is 1. The van der Waals surface area contributed by atoms with Crippen LogP contribution in [0.5, 0.6) is 0 Å². The second-order valence-electron chi connectivity index (χ2n) is 6.29. The third-order valence-corrected chi connectivity index (χ3v) is 4.60. The van der Waals surface area contributed by atoms with Crippen molar-refractivity contribution in [1.29, 1.82) is 0 Å². The fourth-order valence-corrected chi connectivity index (χ4v) is 3.19. The highest BCUT2D eigenvalue weighted by Crippen LogP contribution is 2.20. The Kier molecular flexibility index (Phi) is 4.20. The highest BCUT2D eigenvalue weighted by Gasteiger charge is 2.25. The molecule has 1 aromatic carbocycles. The van der Waals surface area contributed by atoms with Gasteiger partial charge in [0, 0.05) is 44.0 Å². The molecule has 0 spiro atoms. The van der Waals surface area contributed by atoms with Crippen LogP contribution in [0.1, 0.15) is 16.1 Å². The Morgan fingerprint density at radius 1 is 1.08 bits per heavy atom. The molecule has 26 heavy (non-hydrogen) atoms. The number of carbonyl (C=O) groups excluding carboxylic acids is 1. The maximum absolute atomic E-state index is 13.5. The maximum Gasteiger partial charge on any atom is 0.255 e. The molecule has 0 bridgehead atoms. The lowest BCUT2D eigenvalue weighted by atomic mass is 10.1. The molecule has 3 aromatic rings. The third kappa shape index (κ3) is 3.08. The van der Waals surface area contributed by atoms with Crippen molar-refractivity contribution in [2.75, 3.05) is 31.1 Å². The first-order valence-corrected chi connectivity index (χ1v) is 8.50. The van der Waals surface area contributed by atoms with Gasteiger partial charge in [-0.1, -0.05) is 0 Å². The largest absolute Gasteiger partial charge is 0.337 e. The first kappa shape index (κ1) is 16.4. The second kappa shape index (κ2) is 6.67. The predicted octanol–water partition coefficient (Wildman–Crippen LogP) is 2.43. The van der Waals surface area contributed by atoms with Crippen LogP contribution < -0.4 is 4.90 Å². The second-order valence-corrected chi connectivity index (χ2v) is 6.29. The van der Waals surface area contributed by atoms with Crippen molar-refractivity contribution >= 4 is 22.8 Å². The summed E-state index contributed by atoms with van der Waals surface area (Å²) in [4.78, 5) is 29.8. The Labute approximate surface area is 150 Å². The van der Waals surface area contributed by atoms with Crippen LogP contribution in [-0.2, 0) is 0 Å². The molecule has 3 heterocycles. The molecule has 4 rings (SSSR count). The summed E-state index contributed by atoms with van der Waals surface area (Å²) in [5, 5.41) is 0.635. The Morgan fingerprint density at radius 2 is 1.81 bits per heavy atom. The average Bonchev–Trinajstić information content (AvgIpc) is 2.68. The number of hydrogen-bond donors (Lipinski definition) is 0. The van der Waals surface area contributed by atoms with Gasteiger partial charge in [0.2, 0.25) is 5.95 Å². The Balaban J connectivity index is 1.53. The average molecular weight is 351 g/mol. The predicted molar refractivity (Wildman–Crippen MR) is 96.6 cm³/mol. The normalized spacial score (nSPS) is 14.7. The van der Waals surface area contributed by atoms with Gasteiger partial charge < -0.3 is 9.80 Å². The van der Waals surface area contributed by atoms with E-state index in [1.54, 1.807) is 35.5 Å². The van der Waals surface area contributed by atoms with Crippen molar-refractivity contribution < 1.29 is 9.18 Å². The van der Waals surface area contributed by atoms with Crippen molar-refractivity contribution in [3.8, 4) is 0 Å². The molecule has 1 amide bonds. The number of aryl methyl sites for hydroxylation is 1. The van der Waals surface area contributed by atoms with Gasteiger partial charge in [-0.2, -0.15) is 0 Å². The van der Waals surface area contributed by atoms with Crippen LogP contribution in [-0.4, -0.2) is 51.9 Å². The van der Waals surface area contributed by atoms with Crippen LogP contribution >= 0.6 is 0 Å². The Bertz CT molecular complexity index is 955. The van der Waals surface area contributed by atoms with Gasteiger partial charge in [0.25, 0.3) is 5.91 Å². The van der Waals surface area contributed by atoms with Gasteiger partial charge in [-0.05, 0) is 37.3 Å². The first-order chi connectivity index (χ1) is 12.6. The van der Waals surface area contributed by atoms with Gasteiger partial charge in [-0.25, -0.2) is 14.4 Å². The quantitative estimate of drug-likeness (QED) is 0.710. The van der Waals surface area contributed by atoms with E-state index in [2.05, 4.69) is 19.9 Å². The molecule has 0 atom stereocenters. The van der Waals surface area contributed by atoms with Gasteiger partial charge in [0.15, 0.2) is 0 Å². The first-order valence-electron chi connectivity index (χ1n) is 8.50. The van der Waals surface area contributed by atoms with E-state index >= 15 is 0 Å². The van der Waals surface area contributed by atoms with E-state index < -0.39 is 0 Å². The monoisotopic (exact) mass is 351 g/mol. The van der Waals surface area contributed by atoms with Crippen LogP contribution in [0.4, 0.5) is 10.3 Å². The van der Waals surface area contributed by atoms with Crippen molar-refractivity contribution in [2.45, 2.75) is 6.92 Å². The number of aromatic nitrogens is 3. The third-order valence-electron chi connectivity index (χ3n) is 4.60. The number of amides is 1. The molecule has 0 unspecified atom stereocenters. The molecule has 2 aromatic heterocycles. The number of nitrogens with zero attached hydrogens (tertiary/aromatic N) is 5. The number of hydrogen-bond acceptors (Lipinski definition) is 5. The molecule has 1 aliphatic heterocycles. The van der Waals surface area contributed by atoms with Crippen molar-refractivity contribution in [2.24, 2.45) is 0 Å². The van der Waals surface area contributed by atoms with Gasteiger partial charge in [0.1, 0.15) is 5.82 Å². The molecular formula is C19H18FN5O. The van der Waals surface area contributed by atoms with E-state index in [0.717, 1.165) is 0 Å². The van der Waals surface area contributed by atoms with E-state index in [4.69, 9.17) is 0 Å². The van der Waals surface area contributed by atoms with Crippen LogP contribution in [0.25, 0.3) is 10.9 Å². The van der Waals surface area contributed by atoms with Gasteiger partial charge in [-0.15, -0.1) is 0 Å². The van der Waals surface area contributed by atoms with Crippen LogP contribution in [0.15, 0.2) is 42.7 Å². The summed E-state index contributed by atoms with van der Waals surface area (Å²) in [6.45, 7) is 4.31. The van der Waals surface area contributed by atoms with E-state index in [1.165, 1.54) is 12.1 Å². The molecule has 1 fully saturated rings. The minimum Gasteiger partial charge on any atom is -0.337 e. The number of anilines is 1. The minimum atomic E-state index is -0.335. The fraction of sp³-hybridized carbons (Fsp3) is 0.263. The SMILES string of the molecule is Cc1nc2ccc(F)cc2cc1C(=O)N1CCN(c2ncccn2)CC1. The molecule has 132 valence electrons. The lowest BCUT2D eigenvalue weighted by Gasteiger charge is -2.34. The van der Waals surface area contributed by atoms with E-state index in [1.807, 2.05) is 6.92 Å². The standard InChI is InChI=1S/C19H18FN5O/c1-13-16(12-14-11-15(20)3-4-17(14)23-13)18(26)24-7-9-25(10-8-24)19-21-5-2-6-22-19/h2-6,11-12H,7-10H2,1H3. The van der Waals surface area contributed by atoms with E-state index in [0.29, 0.717) is 54.3 Å². The molecule has 0 radical (unpaired) electrons. The zero-order chi connectivity index (χ0) is 18.1. The summed E-state index contributed by atoms with van der Waals surface area (Å²) in [7, 11) is 0.